The normalized spacial score (nSPS) is 17.2. The van der Waals surface area contributed by atoms with E-state index in [0.717, 1.165) is 0 Å². The molecule has 0 atom stereocenters. The number of rotatable bonds is 0. The fourth-order valence-corrected chi connectivity index (χ4v) is 0.743. The Morgan fingerprint density at radius 2 is 1.92 bits per heavy atom. The minimum absolute atomic E-state index is 0.271. The van der Waals surface area contributed by atoms with Crippen molar-refractivity contribution in [3.05, 3.63) is 11.3 Å². The standard InChI is InChI=1S/C7H6F3NO2/c1-3(2)4-5(12)13-6(11-4)7(8,9)10/h1-2H3. The van der Waals surface area contributed by atoms with Crippen LogP contribution >= 0.6 is 0 Å². The zero-order valence-electron chi connectivity index (χ0n) is 6.90. The molecule has 1 aliphatic heterocycles. The van der Waals surface area contributed by atoms with Crippen LogP contribution in [0.4, 0.5) is 13.2 Å². The topological polar surface area (TPSA) is 38.7 Å². The molecule has 0 bridgehead atoms. The third-order valence-corrected chi connectivity index (χ3v) is 1.31. The minimum atomic E-state index is -4.70. The van der Waals surface area contributed by atoms with Gasteiger partial charge in [0, 0.05) is 0 Å². The Morgan fingerprint density at radius 1 is 1.38 bits per heavy atom. The van der Waals surface area contributed by atoms with Crippen molar-refractivity contribution in [3.63, 3.8) is 0 Å². The highest BCUT2D eigenvalue weighted by Gasteiger charge is 2.44. The third-order valence-electron chi connectivity index (χ3n) is 1.31. The molecule has 0 radical (unpaired) electrons. The highest BCUT2D eigenvalue weighted by atomic mass is 19.4. The zero-order valence-corrected chi connectivity index (χ0v) is 6.90. The van der Waals surface area contributed by atoms with Crippen LogP contribution in [0.25, 0.3) is 0 Å². The van der Waals surface area contributed by atoms with Crippen molar-refractivity contribution in [2.75, 3.05) is 0 Å². The summed E-state index contributed by atoms with van der Waals surface area (Å²) in [6.45, 7) is 2.97. The number of esters is 1. The fraction of sp³-hybridized carbons (Fsp3) is 0.429. The number of halogens is 3. The lowest BCUT2D eigenvalue weighted by Crippen LogP contribution is -2.23. The monoisotopic (exact) mass is 193 g/mol. The number of alkyl halides is 3. The largest absolute Gasteiger partial charge is 0.469 e. The van der Waals surface area contributed by atoms with Gasteiger partial charge in [-0.1, -0.05) is 0 Å². The number of cyclic esters (lactones) is 1. The van der Waals surface area contributed by atoms with Crippen molar-refractivity contribution in [3.8, 4) is 0 Å². The first-order chi connectivity index (χ1) is 5.82. The van der Waals surface area contributed by atoms with Crippen LogP contribution in [0.15, 0.2) is 16.3 Å². The van der Waals surface area contributed by atoms with Crippen LogP contribution in [-0.4, -0.2) is 18.0 Å². The van der Waals surface area contributed by atoms with Gasteiger partial charge in [0.15, 0.2) is 5.70 Å². The molecule has 0 aromatic rings. The van der Waals surface area contributed by atoms with E-state index in [9.17, 15) is 18.0 Å². The van der Waals surface area contributed by atoms with E-state index in [1.54, 1.807) is 0 Å². The quantitative estimate of drug-likeness (QED) is 0.434. The summed E-state index contributed by atoms with van der Waals surface area (Å²) in [4.78, 5) is 13.8. The Hall–Kier alpha value is -1.33. The molecule has 3 nitrogen and oxygen atoms in total. The molecule has 0 aromatic heterocycles. The van der Waals surface area contributed by atoms with Crippen LogP contribution in [0.1, 0.15) is 13.8 Å². The van der Waals surface area contributed by atoms with E-state index in [0.29, 0.717) is 5.57 Å². The van der Waals surface area contributed by atoms with Gasteiger partial charge in [-0.05, 0) is 19.4 Å². The van der Waals surface area contributed by atoms with E-state index in [4.69, 9.17) is 0 Å². The number of hydrogen-bond acceptors (Lipinski definition) is 3. The molecule has 0 aliphatic carbocycles. The molecule has 1 heterocycles. The van der Waals surface area contributed by atoms with E-state index in [1.165, 1.54) is 13.8 Å². The summed E-state index contributed by atoms with van der Waals surface area (Å²) >= 11 is 0. The van der Waals surface area contributed by atoms with Crippen molar-refractivity contribution in [2.45, 2.75) is 20.0 Å². The second-order valence-corrected chi connectivity index (χ2v) is 2.65. The van der Waals surface area contributed by atoms with Gasteiger partial charge in [0.05, 0.1) is 0 Å². The Balaban J connectivity index is 3.05. The Morgan fingerprint density at radius 3 is 2.15 bits per heavy atom. The molecule has 13 heavy (non-hydrogen) atoms. The van der Waals surface area contributed by atoms with Crippen LogP contribution in [0.3, 0.4) is 0 Å². The summed E-state index contributed by atoms with van der Waals surface area (Å²) in [7, 11) is 0. The Bertz CT molecular complexity index is 310. The summed E-state index contributed by atoms with van der Waals surface area (Å²) in [5.41, 5.74) is 0.122. The summed E-state index contributed by atoms with van der Waals surface area (Å²) in [5.74, 6) is -2.54. The summed E-state index contributed by atoms with van der Waals surface area (Å²) in [6, 6.07) is 0. The molecular formula is C7H6F3NO2. The maximum atomic E-state index is 11.9. The number of allylic oxidation sites excluding steroid dienone is 1. The first-order valence-corrected chi connectivity index (χ1v) is 3.38. The van der Waals surface area contributed by atoms with Crippen LogP contribution in [0, 0.1) is 0 Å². The number of carbonyl (C=O) groups is 1. The van der Waals surface area contributed by atoms with Crippen LogP contribution in [-0.2, 0) is 9.53 Å². The Kier molecular flexibility index (Phi) is 2.15. The fourth-order valence-electron chi connectivity index (χ4n) is 0.743. The molecule has 72 valence electrons. The molecule has 0 spiro atoms. The molecule has 0 unspecified atom stereocenters. The number of aliphatic imine (C=N–C) groups is 1. The number of carbonyl (C=O) groups excluding carboxylic acids is 1. The van der Waals surface area contributed by atoms with Crippen molar-refractivity contribution in [1.82, 2.24) is 0 Å². The highest BCUT2D eigenvalue weighted by Crippen LogP contribution is 2.25. The molecule has 6 heteroatoms. The average molecular weight is 193 g/mol. The average Bonchev–Trinajstić information content (AvgIpc) is 2.29. The molecule has 0 saturated heterocycles. The van der Waals surface area contributed by atoms with Crippen molar-refractivity contribution in [1.29, 1.82) is 0 Å². The number of nitrogens with zero attached hydrogens (tertiary/aromatic N) is 1. The zero-order chi connectivity index (χ0) is 10.2. The van der Waals surface area contributed by atoms with Crippen molar-refractivity contribution in [2.24, 2.45) is 4.99 Å². The minimum Gasteiger partial charge on any atom is -0.397 e. The molecule has 1 rings (SSSR count). The van der Waals surface area contributed by atoms with E-state index in [1.807, 2.05) is 0 Å². The van der Waals surface area contributed by atoms with Gasteiger partial charge in [-0.3, -0.25) is 0 Å². The summed E-state index contributed by atoms with van der Waals surface area (Å²) in [6.07, 6.45) is -4.70. The third kappa shape index (κ3) is 1.88. The molecular weight excluding hydrogens is 187 g/mol. The van der Waals surface area contributed by atoms with Crippen molar-refractivity contribution < 1.29 is 22.7 Å². The first-order valence-electron chi connectivity index (χ1n) is 3.38. The lowest BCUT2D eigenvalue weighted by Gasteiger charge is -2.01. The van der Waals surface area contributed by atoms with Crippen LogP contribution in [0.2, 0.25) is 0 Å². The predicted molar refractivity (Wildman–Crippen MR) is 38.0 cm³/mol. The molecule has 1 aliphatic rings. The number of hydrogen-bond donors (Lipinski definition) is 0. The van der Waals surface area contributed by atoms with Gasteiger partial charge >= 0.3 is 18.0 Å². The van der Waals surface area contributed by atoms with E-state index >= 15 is 0 Å². The van der Waals surface area contributed by atoms with E-state index in [-0.39, 0.29) is 5.70 Å². The van der Waals surface area contributed by atoms with Gasteiger partial charge < -0.3 is 4.74 Å². The van der Waals surface area contributed by atoms with E-state index in [2.05, 4.69) is 9.73 Å². The lowest BCUT2D eigenvalue weighted by atomic mass is 10.3. The molecule has 0 saturated carbocycles. The van der Waals surface area contributed by atoms with Gasteiger partial charge in [-0.2, -0.15) is 13.2 Å². The highest BCUT2D eigenvalue weighted by molar-refractivity contribution is 6.06. The smallest absolute Gasteiger partial charge is 0.397 e. The van der Waals surface area contributed by atoms with E-state index < -0.39 is 18.0 Å². The first kappa shape index (κ1) is 9.76. The van der Waals surface area contributed by atoms with Gasteiger partial charge in [-0.25, -0.2) is 9.79 Å². The van der Waals surface area contributed by atoms with Gasteiger partial charge in [-0.15, -0.1) is 0 Å². The predicted octanol–water partition coefficient (Wildman–Crippen LogP) is 1.80. The number of ether oxygens (including phenoxy) is 1. The second kappa shape index (κ2) is 2.86. The molecule has 0 fully saturated rings. The SMILES string of the molecule is CC(C)=C1N=C(C(F)(F)F)OC1=O. The van der Waals surface area contributed by atoms with Gasteiger partial charge in [0.25, 0.3) is 0 Å². The maximum absolute atomic E-state index is 11.9. The second-order valence-electron chi connectivity index (χ2n) is 2.65. The lowest BCUT2D eigenvalue weighted by molar-refractivity contribution is -0.135. The Labute approximate surface area is 71.9 Å². The van der Waals surface area contributed by atoms with Gasteiger partial charge in [0.1, 0.15) is 0 Å². The summed E-state index contributed by atoms with van der Waals surface area (Å²) < 4.78 is 39.7. The molecule has 0 N–H and O–H groups in total. The molecule has 0 aromatic carbocycles. The van der Waals surface area contributed by atoms with Crippen molar-refractivity contribution >= 4 is 11.9 Å². The van der Waals surface area contributed by atoms with Crippen LogP contribution < -0.4 is 0 Å². The van der Waals surface area contributed by atoms with Crippen LogP contribution in [0.5, 0.6) is 0 Å². The maximum Gasteiger partial charge on any atom is 0.469 e. The van der Waals surface area contributed by atoms with Gasteiger partial charge in [0.2, 0.25) is 0 Å². The summed E-state index contributed by atoms with van der Waals surface area (Å²) in [5, 5.41) is 0. The molecule has 0 amide bonds.